The quantitative estimate of drug-likeness (QED) is 0.488. The van der Waals surface area contributed by atoms with E-state index in [0.717, 1.165) is 28.2 Å². The number of aromatic nitrogens is 1. The Morgan fingerprint density at radius 1 is 1.03 bits per heavy atom. The Kier molecular flexibility index (Phi) is 5.88. The zero-order valence-electron chi connectivity index (χ0n) is 21.4. The number of hydrogen-bond donors (Lipinski definition) is 1. The van der Waals surface area contributed by atoms with E-state index < -0.39 is 5.92 Å². The molecule has 0 amide bonds. The van der Waals surface area contributed by atoms with Crippen LogP contribution in [0, 0.1) is 11.3 Å². The Morgan fingerprint density at radius 2 is 1.78 bits per heavy atom. The van der Waals surface area contributed by atoms with Crippen molar-refractivity contribution in [2.75, 3.05) is 19.5 Å². The molecule has 1 N–H and O–H groups in total. The van der Waals surface area contributed by atoms with E-state index in [4.69, 9.17) is 9.47 Å². The number of Topliss-reactive ketones (excluding diaryl/α,β-unsaturated/α-hetero) is 1. The van der Waals surface area contributed by atoms with E-state index >= 15 is 0 Å². The molecule has 2 aromatic carbocycles. The first kappa shape index (κ1) is 23.7. The molecule has 1 aliphatic carbocycles. The average molecular weight is 482 g/mol. The fourth-order valence-electron chi connectivity index (χ4n) is 5.64. The second kappa shape index (κ2) is 8.91. The highest BCUT2D eigenvalue weighted by Gasteiger charge is 2.43. The van der Waals surface area contributed by atoms with Gasteiger partial charge in [-0.15, -0.1) is 0 Å². The molecule has 6 heteroatoms. The molecule has 0 fully saturated rings. The average Bonchev–Trinajstić information content (AvgIpc) is 3.26. The van der Waals surface area contributed by atoms with Gasteiger partial charge in [0.15, 0.2) is 17.3 Å². The number of methoxy groups -OCH3 is 2. The second-order valence-electron chi connectivity index (χ2n) is 10.4. The first-order valence-corrected chi connectivity index (χ1v) is 12.2. The van der Waals surface area contributed by atoms with E-state index in [2.05, 4.69) is 48.9 Å². The van der Waals surface area contributed by atoms with Crippen LogP contribution >= 0.6 is 0 Å². The van der Waals surface area contributed by atoms with Gasteiger partial charge in [0.05, 0.1) is 19.8 Å². The zero-order valence-corrected chi connectivity index (χ0v) is 21.4. The van der Waals surface area contributed by atoms with Gasteiger partial charge in [-0.3, -0.25) is 4.79 Å². The number of nitrogens with one attached hydrogen (secondary N) is 1. The highest BCUT2D eigenvalue weighted by molar-refractivity contribution is 6.02. The van der Waals surface area contributed by atoms with E-state index in [0.29, 0.717) is 35.5 Å². The monoisotopic (exact) mass is 481 g/mol. The van der Waals surface area contributed by atoms with Crippen LogP contribution in [-0.2, 0) is 10.3 Å². The van der Waals surface area contributed by atoms with Crippen LogP contribution in [0.5, 0.6) is 11.5 Å². The van der Waals surface area contributed by atoms with E-state index in [1.54, 1.807) is 14.2 Å². The van der Waals surface area contributed by atoms with Gasteiger partial charge < -0.3 is 19.4 Å². The topological polar surface area (TPSA) is 76.3 Å². The number of fused-ring (bicyclic) bond motifs is 1. The summed E-state index contributed by atoms with van der Waals surface area (Å²) >= 11 is 0. The van der Waals surface area contributed by atoms with Gasteiger partial charge in [-0.2, -0.15) is 5.26 Å². The smallest absolute Gasteiger partial charge is 0.164 e. The third-order valence-electron chi connectivity index (χ3n) is 7.26. The molecule has 2 atom stereocenters. The summed E-state index contributed by atoms with van der Waals surface area (Å²) in [6, 6.07) is 18.3. The van der Waals surface area contributed by atoms with Crippen molar-refractivity contribution < 1.29 is 14.3 Å². The summed E-state index contributed by atoms with van der Waals surface area (Å²) in [4.78, 5) is 13.9. The number of ketones is 1. The van der Waals surface area contributed by atoms with Crippen LogP contribution in [0.25, 0.3) is 0 Å². The molecule has 0 bridgehead atoms. The number of para-hydroxylation sites is 1. The summed E-state index contributed by atoms with van der Waals surface area (Å²) in [6.45, 7) is 6.33. The molecule has 3 aromatic rings. The van der Waals surface area contributed by atoms with Crippen molar-refractivity contribution in [2.45, 2.75) is 51.0 Å². The van der Waals surface area contributed by atoms with Gasteiger partial charge in [-0.05, 0) is 44.7 Å². The largest absolute Gasteiger partial charge is 0.493 e. The molecular weight excluding hydrogens is 450 g/mol. The number of carbonyl (C=O) groups is 1. The third kappa shape index (κ3) is 3.76. The summed E-state index contributed by atoms with van der Waals surface area (Å²) < 4.78 is 13.5. The Morgan fingerprint density at radius 3 is 2.42 bits per heavy atom. The minimum atomic E-state index is -0.441. The van der Waals surface area contributed by atoms with Crippen LogP contribution in [-0.4, -0.2) is 24.6 Å². The summed E-state index contributed by atoms with van der Waals surface area (Å²) in [7, 11) is 3.21. The molecule has 0 unspecified atom stereocenters. The number of nitriles is 1. The van der Waals surface area contributed by atoms with Gasteiger partial charge >= 0.3 is 0 Å². The predicted octanol–water partition coefficient (Wildman–Crippen LogP) is 6.09. The Hall–Kier alpha value is -3.98. The maximum atomic E-state index is 13.9. The zero-order chi connectivity index (χ0) is 25.6. The minimum Gasteiger partial charge on any atom is -0.493 e. The van der Waals surface area contributed by atoms with Crippen molar-refractivity contribution in [2.24, 2.45) is 0 Å². The Balaban J connectivity index is 1.77. The van der Waals surface area contributed by atoms with Crippen LogP contribution in [0.3, 0.4) is 0 Å². The van der Waals surface area contributed by atoms with Crippen LogP contribution in [0.4, 0.5) is 5.82 Å². The summed E-state index contributed by atoms with van der Waals surface area (Å²) in [6.07, 6.45) is 3.03. The predicted molar refractivity (Wildman–Crippen MR) is 140 cm³/mol. The highest BCUT2D eigenvalue weighted by atomic mass is 16.5. The van der Waals surface area contributed by atoms with Crippen LogP contribution in [0.2, 0.25) is 0 Å². The molecule has 0 radical (unpaired) electrons. The molecule has 0 spiro atoms. The van der Waals surface area contributed by atoms with Crippen LogP contribution in [0.1, 0.15) is 67.7 Å². The molecule has 5 rings (SSSR count). The second-order valence-corrected chi connectivity index (χ2v) is 10.4. The molecule has 0 saturated carbocycles. The van der Waals surface area contributed by atoms with E-state index in [1.165, 1.54) is 0 Å². The minimum absolute atomic E-state index is 0.0884. The maximum absolute atomic E-state index is 13.9. The van der Waals surface area contributed by atoms with E-state index in [9.17, 15) is 10.1 Å². The van der Waals surface area contributed by atoms with Gasteiger partial charge in [0.25, 0.3) is 0 Å². The molecule has 36 heavy (non-hydrogen) atoms. The van der Waals surface area contributed by atoms with Gasteiger partial charge in [0.1, 0.15) is 11.9 Å². The van der Waals surface area contributed by atoms with Crippen LogP contribution < -0.4 is 14.8 Å². The molecule has 6 nitrogen and oxygen atoms in total. The summed E-state index contributed by atoms with van der Waals surface area (Å²) in [5, 5.41) is 13.8. The lowest BCUT2D eigenvalue weighted by atomic mass is 9.72. The van der Waals surface area contributed by atoms with Crippen molar-refractivity contribution in [3.63, 3.8) is 0 Å². The van der Waals surface area contributed by atoms with Gasteiger partial charge in [0.2, 0.25) is 0 Å². The lowest BCUT2D eigenvalue weighted by Crippen LogP contribution is -2.32. The van der Waals surface area contributed by atoms with Crippen LogP contribution in [0.15, 0.2) is 66.0 Å². The molecule has 1 aromatic heterocycles. The van der Waals surface area contributed by atoms with Crippen molar-refractivity contribution in [3.8, 4) is 17.6 Å². The number of ether oxygens (including phenoxy) is 2. The number of allylic oxidation sites excluding steroid dienone is 2. The molecule has 2 heterocycles. The first-order chi connectivity index (χ1) is 17.3. The first-order valence-electron chi connectivity index (χ1n) is 12.2. The number of hydrogen-bond acceptors (Lipinski definition) is 5. The normalized spacial score (nSPS) is 19.2. The summed E-state index contributed by atoms with van der Waals surface area (Å²) in [5.74, 6) is 1.77. The molecule has 2 aliphatic rings. The third-order valence-corrected chi connectivity index (χ3v) is 7.26. The molecule has 1 aliphatic heterocycles. The number of benzene rings is 2. The van der Waals surface area contributed by atoms with Crippen molar-refractivity contribution >= 4 is 11.6 Å². The van der Waals surface area contributed by atoms with Crippen molar-refractivity contribution in [1.82, 2.24) is 4.57 Å². The van der Waals surface area contributed by atoms with Gasteiger partial charge in [-0.25, -0.2) is 0 Å². The summed E-state index contributed by atoms with van der Waals surface area (Å²) in [5.41, 5.74) is 4.69. The Labute approximate surface area is 212 Å². The number of nitrogens with zero attached hydrogens (tertiary/aromatic N) is 2. The molecule has 0 saturated heterocycles. The molecular formula is C30H31N3O3. The number of anilines is 1. The van der Waals surface area contributed by atoms with Gasteiger partial charge in [-0.1, -0.05) is 42.5 Å². The maximum Gasteiger partial charge on any atom is 0.164 e. The number of carbonyl (C=O) groups excluding carboxylic acids is 1. The fourth-order valence-corrected chi connectivity index (χ4v) is 5.64. The lowest BCUT2D eigenvalue weighted by Gasteiger charge is -2.37. The van der Waals surface area contributed by atoms with Crippen molar-refractivity contribution in [1.29, 1.82) is 5.26 Å². The number of rotatable bonds is 4. The standard InChI is InChI=1S/C30H31N3O3/c1-30(2,3)33-17-20(16-31)25-26(21-12-9-13-24(35-4)28(21)36-5)27-22(32-29(25)33)14-19(15-23(27)34)18-10-7-6-8-11-18/h6-13,17,19,26,32H,14-15H2,1-5H3/t19-,26+/m0/s1. The van der Waals surface area contributed by atoms with E-state index in [1.807, 2.05) is 42.6 Å². The Bertz CT molecular complexity index is 1400. The van der Waals surface area contributed by atoms with Gasteiger partial charge in [0, 0.05) is 46.5 Å². The fraction of sp³-hybridized carbons (Fsp3) is 0.333. The lowest BCUT2D eigenvalue weighted by molar-refractivity contribution is -0.116. The van der Waals surface area contributed by atoms with E-state index in [-0.39, 0.29) is 17.2 Å². The molecule has 184 valence electrons. The highest BCUT2D eigenvalue weighted by Crippen LogP contribution is 2.53. The SMILES string of the molecule is COc1cccc([C@H]2C3=C(C[C@H](c4ccccc4)CC3=O)Nc3c2c(C#N)cn3C(C)(C)C)c1OC. The van der Waals surface area contributed by atoms with Crippen molar-refractivity contribution in [3.05, 3.63) is 88.3 Å².